The van der Waals surface area contributed by atoms with E-state index in [4.69, 9.17) is 5.11 Å². The number of nitrogens with one attached hydrogen (secondary N) is 1. The van der Waals surface area contributed by atoms with Gasteiger partial charge < -0.3 is 10.4 Å². The fourth-order valence-corrected chi connectivity index (χ4v) is 2.04. The quantitative estimate of drug-likeness (QED) is 0.839. The molecule has 0 fully saturated rings. The van der Waals surface area contributed by atoms with Crippen LogP contribution in [0.1, 0.15) is 44.2 Å². The first kappa shape index (κ1) is 19.0. The minimum Gasteiger partial charge on any atom is -0.481 e. The molecule has 4 nitrogen and oxygen atoms in total. The van der Waals surface area contributed by atoms with Gasteiger partial charge in [-0.3, -0.25) is 9.59 Å². The van der Waals surface area contributed by atoms with E-state index in [1.54, 1.807) is 0 Å². The lowest BCUT2D eigenvalue weighted by molar-refractivity contribution is -0.147. The van der Waals surface area contributed by atoms with E-state index in [2.05, 4.69) is 5.32 Å². The second kappa shape index (κ2) is 7.02. The van der Waals surface area contributed by atoms with Gasteiger partial charge >= 0.3 is 12.1 Å². The fourth-order valence-electron chi connectivity index (χ4n) is 2.04. The lowest BCUT2D eigenvalue weighted by Crippen LogP contribution is -2.39. The summed E-state index contributed by atoms with van der Waals surface area (Å²) in [6, 6.07) is 5.13. The first-order valence-electron chi connectivity index (χ1n) is 7.11. The van der Waals surface area contributed by atoms with Gasteiger partial charge in [0.15, 0.2) is 0 Å². The van der Waals surface area contributed by atoms with Gasteiger partial charge in [0.05, 0.1) is 11.0 Å². The second-order valence-electron chi connectivity index (χ2n) is 6.16. The number of hydrogen-bond donors (Lipinski definition) is 2. The number of amides is 1. The Balaban J connectivity index is 2.76. The number of hydrogen-bond acceptors (Lipinski definition) is 2. The van der Waals surface area contributed by atoms with Crippen molar-refractivity contribution in [3.05, 3.63) is 35.4 Å². The first-order chi connectivity index (χ1) is 10.4. The Kier molecular flexibility index (Phi) is 5.80. The molecule has 1 aromatic carbocycles. The van der Waals surface area contributed by atoms with Gasteiger partial charge in [0.1, 0.15) is 0 Å². The predicted molar refractivity (Wildman–Crippen MR) is 78.9 cm³/mol. The molecule has 0 aliphatic carbocycles. The maximum atomic E-state index is 13.0. The summed E-state index contributed by atoms with van der Waals surface area (Å²) in [5, 5.41) is 11.4. The molecule has 0 bridgehead atoms. The Labute approximate surface area is 132 Å². The van der Waals surface area contributed by atoms with Crippen molar-refractivity contribution in [1.29, 1.82) is 0 Å². The van der Waals surface area contributed by atoms with Crippen molar-refractivity contribution in [2.75, 3.05) is 6.54 Å². The van der Waals surface area contributed by atoms with Crippen molar-refractivity contribution < 1.29 is 27.9 Å². The maximum absolute atomic E-state index is 13.0. The molecular formula is C16H20F3NO3. The minimum atomic E-state index is -4.48. The number of alkyl halides is 3. The number of benzene rings is 1. The smallest absolute Gasteiger partial charge is 0.416 e. The second-order valence-corrected chi connectivity index (χ2v) is 6.16. The number of carbonyl (C=O) groups excluding carboxylic acids is 1. The Morgan fingerprint density at radius 3 is 2.30 bits per heavy atom. The van der Waals surface area contributed by atoms with Gasteiger partial charge in [-0.2, -0.15) is 13.2 Å². The van der Waals surface area contributed by atoms with E-state index in [1.807, 2.05) is 0 Å². The van der Waals surface area contributed by atoms with Crippen molar-refractivity contribution in [2.45, 2.75) is 39.3 Å². The van der Waals surface area contributed by atoms with Crippen LogP contribution in [0.25, 0.3) is 0 Å². The maximum Gasteiger partial charge on any atom is 0.416 e. The summed E-state index contributed by atoms with van der Waals surface area (Å²) >= 11 is 0. The van der Waals surface area contributed by atoms with E-state index < -0.39 is 34.9 Å². The van der Waals surface area contributed by atoms with Gasteiger partial charge in [0, 0.05) is 13.0 Å². The molecule has 0 heterocycles. The minimum absolute atomic E-state index is 0.0487. The number of halogens is 3. The van der Waals surface area contributed by atoms with E-state index >= 15 is 0 Å². The summed E-state index contributed by atoms with van der Waals surface area (Å²) in [5.74, 6) is -2.18. The highest BCUT2D eigenvalue weighted by atomic mass is 19.4. The van der Waals surface area contributed by atoms with Crippen LogP contribution in [0.5, 0.6) is 0 Å². The van der Waals surface area contributed by atoms with Gasteiger partial charge in [-0.25, -0.2) is 0 Å². The zero-order chi connectivity index (χ0) is 17.8. The van der Waals surface area contributed by atoms with Crippen molar-refractivity contribution in [2.24, 2.45) is 5.41 Å². The molecule has 0 saturated heterocycles. The largest absolute Gasteiger partial charge is 0.481 e. The van der Waals surface area contributed by atoms with Gasteiger partial charge in [-0.1, -0.05) is 25.1 Å². The van der Waals surface area contributed by atoms with Crippen molar-refractivity contribution in [3.8, 4) is 0 Å². The molecule has 1 rings (SSSR count). The fraction of sp³-hybridized carbons (Fsp3) is 0.500. The molecule has 2 N–H and O–H groups in total. The zero-order valence-corrected chi connectivity index (χ0v) is 13.2. The molecule has 23 heavy (non-hydrogen) atoms. The number of carboxylic acids is 1. The van der Waals surface area contributed by atoms with Crippen molar-refractivity contribution in [3.63, 3.8) is 0 Å². The summed E-state index contributed by atoms with van der Waals surface area (Å²) in [6.07, 6.45) is -4.63. The average Bonchev–Trinajstić information content (AvgIpc) is 2.44. The highest BCUT2D eigenvalue weighted by molar-refractivity contribution is 5.79. The molecule has 1 amide bonds. The summed E-state index contributed by atoms with van der Waals surface area (Å²) in [5.41, 5.74) is -1.85. The lowest BCUT2D eigenvalue weighted by atomic mass is 9.91. The molecule has 1 unspecified atom stereocenters. The van der Waals surface area contributed by atoms with E-state index in [1.165, 1.54) is 39.0 Å². The summed E-state index contributed by atoms with van der Waals surface area (Å²) in [6.45, 7) is 4.36. The molecule has 0 spiro atoms. The van der Waals surface area contributed by atoms with Gasteiger partial charge in [-0.05, 0) is 31.4 Å². The topological polar surface area (TPSA) is 66.4 Å². The molecule has 0 radical (unpaired) electrons. The summed E-state index contributed by atoms with van der Waals surface area (Å²) in [7, 11) is 0. The van der Waals surface area contributed by atoms with Crippen LogP contribution in [0.2, 0.25) is 0 Å². The summed E-state index contributed by atoms with van der Waals surface area (Å²) < 4.78 is 38.9. The standard InChI is InChI=1S/C16H20F3NO3/c1-10(8-13(21)20-9-15(2,3)14(22)23)11-6-4-5-7-12(11)16(17,18)19/h4-7,10H,8-9H2,1-3H3,(H,20,21)(H,22,23). The van der Waals surface area contributed by atoms with Crippen LogP contribution in [0, 0.1) is 5.41 Å². The number of rotatable bonds is 6. The van der Waals surface area contributed by atoms with Crippen LogP contribution in [0.3, 0.4) is 0 Å². The third kappa shape index (κ3) is 5.26. The van der Waals surface area contributed by atoms with Gasteiger partial charge in [-0.15, -0.1) is 0 Å². The van der Waals surface area contributed by atoms with Crippen LogP contribution >= 0.6 is 0 Å². The molecule has 1 atom stereocenters. The van der Waals surface area contributed by atoms with E-state index in [0.29, 0.717) is 0 Å². The first-order valence-corrected chi connectivity index (χ1v) is 7.11. The van der Waals surface area contributed by atoms with Crippen LogP contribution < -0.4 is 5.32 Å². The van der Waals surface area contributed by atoms with Gasteiger partial charge in [0.2, 0.25) is 5.91 Å². The number of carbonyl (C=O) groups is 2. The van der Waals surface area contributed by atoms with Crippen molar-refractivity contribution >= 4 is 11.9 Å². The van der Waals surface area contributed by atoms with E-state index in [0.717, 1.165) is 6.07 Å². The van der Waals surface area contributed by atoms with Crippen molar-refractivity contribution in [1.82, 2.24) is 5.32 Å². The highest BCUT2D eigenvalue weighted by Crippen LogP contribution is 2.35. The molecule has 1 aromatic rings. The Bertz CT molecular complexity index is 582. The lowest BCUT2D eigenvalue weighted by Gasteiger charge is -2.21. The molecule has 0 saturated carbocycles. The SMILES string of the molecule is CC(CC(=O)NCC(C)(C)C(=O)O)c1ccccc1C(F)(F)F. The van der Waals surface area contributed by atoms with E-state index in [9.17, 15) is 22.8 Å². The third-order valence-corrected chi connectivity index (χ3v) is 3.60. The van der Waals surface area contributed by atoms with Crippen LogP contribution in [0.4, 0.5) is 13.2 Å². The van der Waals surface area contributed by atoms with Gasteiger partial charge in [0.25, 0.3) is 0 Å². The number of carboxylic acid groups (broad SMARTS) is 1. The molecule has 7 heteroatoms. The Morgan fingerprint density at radius 2 is 1.78 bits per heavy atom. The van der Waals surface area contributed by atoms with Crippen LogP contribution in [0.15, 0.2) is 24.3 Å². The monoisotopic (exact) mass is 331 g/mol. The Hall–Kier alpha value is -2.05. The molecule has 0 aliphatic rings. The Morgan fingerprint density at radius 1 is 1.22 bits per heavy atom. The summed E-state index contributed by atoms with van der Waals surface area (Å²) in [4.78, 5) is 22.8. The van der Waals surface area contributed by atoms with Crippen LogP contribution in [-0.4, -0.2) is 23.5 Å². The molecule has 128 valence electrons. The van der Waals surface area contributed by atoms with E-state index in [-0.39, 0.29) is 18.5 Å². The molecule has 0 aliphatic heterocycles. The molecular weight excluding hydrogens is 311 g/mol. The predicted octanol–water partition coefficient (Wildman–Crippen LogP) is 3.43. The average molecular weight is 331 g/mol. The highest BCUT2D eigenvalue weighted by Gasteiger charge is 2.34. The molecule has 0 aromatic heterocycles. The third-order valence-electron chi connectivity index (χ3n) is 3.60. The normalized spacial score (nSPS) is 13.5. The zero-order valence-electron chi connectivity index (χ0n) is 13.2. The number of aliphatic carboxylic acids is 1. The van der Waals surface area contributed by atoms with Crippen LogP contribution in [-0.2, 0) is 15.8 Å².